The van der Waals surface area contributed by atoms with Gasteiger partial charge in [0.25, 0.3) is 0 Å². The minimum atomic E-state index is 0.176. The lowest BCUT2D eigenvalue weighted by Crippen LogP contribution is -2.47. The van der Waals surface area contributed by atoms with Crippen LogP contribution in [0.4, 0.5) is 17.6 Å². The van der Waals surface area contributed by atoms with Gasteiger partial charge >= 0.3 is 0 Å². The molecule has 36 heavy (non-hydrogen) atoms. The third-order valence-electron chi connectivity index (χ3n) is 6.18. The smallest absolute Gasteiger partial charge is 0.248 e. The van der Waals surface area contributed by atoms with Crippen molar-refractivity contribution in [1.82, 2.24) is 30.0 Å². The van der Waals surface area contributed by atoms with Gasteiger partial charge in [0.1, 0.15) is 23.0 Å². The van der Waals surface area contributed by atoms with E-state index in [0.29, 0.717) is 39.7 Å². The molecule has 3 heterocycles. The van der Waals surface area contributed by atoms with Gasteiger partial charge in [0.05, 0.1) is 12.1 Å². The van der Waals surface area contributed by atoms with Crippen LogP contribution in [0.15, 0.2) is 36.4 Å². The Labute approximate surface area is 219 Å². The predicted molar refractivity (Wildman–Crippen MR) is 143 cm³/mol. The number of rotatable bonds is 6. The molecule has 4 aromatic rings. The van der Waals surface area contributed by atoms with Crippen LogP contribution in [0.25, 0.3) is 22.2 Å². The Morgan fingerprint density at radius 2 is 1.69 bits per heavy atom. The number of anilines is 3. The largest absolute Gasteiger partial charge is 0.395 e. The molecule has 0 bridgehead atoms. The minimum Gasteiger partial charge on any atom is -0.395 e. The van der Waals surface area contributed by atoms with Crippen molar-refractivity contribution in [2.75, 3.05) is 49.5 Å². The Morgan fingerprint density at radius 3 is 2.42 bits per heavy atom. The SMILES string of the molecule is Cc1nc(Nc2nnc3cc(-c4c(Cl)cccc4Cl)cc(C)c3n2)cc(N2CCN(CCO)CC2)n1. The maximum Gasteiger partial charge on any atom is 0.248 e. The van der Waals surface area contributed by atoms with Gasteiger partial charge in [-0.15, -0.1) is 10.2 Å². The summed E-state index contributed by atoms with van der Waals surface area (Å²) in [6, 6.07) is 11.2. The molecule has 0 saturated carbocycles. The van der Waals surface area contributed by atoms with Crippen LogP contribution in [-0.2, 0) is 0 Å². The molecular formula is C25H26Cl2N8O. The molecule has 2 N–H and O–H groups in total. The molecule has 0 aliphatic carbocycles. The summed E-state index contributed by atoms with van der Waals surface area (Å²) in [6.45, 7) is 8.13. The number of nitrogens with one attached hydrogen (secondary N) is 1. The van der Waals surface area contributed by atoms with E-state index in [0.717, 1.165) is 54.2 Å². The summed E-state index contributed by atoms with van der Waals surface area (Å²) < 4.78 is 0. The first kappa shape index (κ1) is 24.6. The monoisotopic (exact) mass is 524 g/mol. The van der Waals surface area contributed by atoms with Crippen LogP contribution in [0.5, 0.6) is 0 Å². The maximum atomic E-state index is 9.17. The molecule has 1 aliphatic heterocycles. The van der Waals surface area contributed by atoms with Crippen molar-refractivity contribution in [3.8, 4) is 11.1 Å². The number of aliphatic hydroxyl groups excluding tert-OH is 1. The molecule has 1 saturated heterocycles. The normalized spacial score (nSPS) is 14.4. The van der Waals surface area contributed by atoms with E-state index < -0.39 is 0 Å². The summed E-state index contributed by atoms with van der Waals surface area (Å²) >= 11 is 12.8. The Hall–Kier alpha value is -3.11. The molecule has 5 rings (SSSR count). The van der Waals surface area contributed by atoms with E-state index in [1.54, 1.807) is 0 Å². The summed E-state index contributed by atoms with van der Waals surface area (Å²) in [5.41, 5.74) is 3.92. The zero-order valence-electron chi connectivity index (χ0n) is 20.0. The van der Waals surface area contributed by atoms with Crippen LogP contribution < -0.4 is 10.2 Å². The van der Waals surface area contributed by atoms with Crippen molar-refractivity contribution in [3.63, 3.8) is 0 Å². The zero-order valence-corrected chi connectivity index (χ0v) is 21.6. The Balaban J connectivity index is 1.40. The molecular weight excluding hydrogens is 499 g/mol. The standard InChI is InChI=1S/C25H26Cl2N8O/c1-15-12-17(23-18(26)4-3-5-19(23)27)13-20-24(15)31-25(33-32-20)30-21-14-22(29-16(2)28-21)35-8-6-34(7-9-35)10-11-36/h3-5,12-14,36H,6-11H2,1-2H3,(H,28,29,30,31,33). The number of nitrogens with zero attached hydrogens (tertiary/aromatic N) is 7. The van der Waals surface area contributed by atoms with Gasteiger partial charge in [-0.1, -0.05) is 29.3 Å². The average Bonchev–Trinajstić information content (AvgIpc) is 2.85. The van der Waals surface area contributed by atoms with Crippen LogP contribution in [0.3, 0.4) is 0 Å². The number of halogens is 2. The first-order valence-corrected chi connectivity index (χ1v) is 12.5. The van der Waals surface area contributed by atoms with E-state index in [2.05, 4.69) is 35.3 Å². The van der Waals surface area contributed by atoms with Gasteiger partial charge in [-0.05, 0) is 49.2 Å². The lowest BCUT2D eigenvalue weighted by Gasteiger charge is -2.35. The summed E-state index contributed by atoms with van der Waals surface area (Å²) in [5.74, 6) is 2.46. The number of β-amino-alcohol motifs (C(OH)–C–C–N with tert-alkyl or cyclic N) is 1. The summed E-state index contributed by atoms with van der Waals surface area (Å²) in [6.07, 6.45) is 0. The van der Waals surface area contributed by atoms with Gasteiger partial charge in [-0.3, -0.25) is 4.90 Å². The Kier molecular flexibility index (Phi) is 7.15. The van der Waals surface area contributed by atoms with Gasteiger partial charge in [-0.2, -0.15) is 0 Å². The fourth-order valence-electron chi connectivity index (χ4n) is 4.42. The van der Waals surface area contributed by atoms with Gasteiger partial charge in [0.15, 0.2) is 0 Å². The quantitative estimate of drug-likeness (QED) is 0.382. The van der Waals surface area contributed by atoms with Gasteiger partial charge in [0, 0.05) is 54.4 Å². The highest BCUT2D eigenvalue weighted by Gasteiger charge is 2.19. The summed E-state index contributed by atoms with van der Waals surface area (Å²) in [7, 11) is 0. The van der Waals surface area contributed by atoms with E-state index in [-0.39, 0.29) is 6.61 Å². The molecule has 0 atom stereocenters. The summed E-state index contributed by atoms with van der Waals surface area (Å²) in [4.78, 5) is 18.3. The van der Waals surface area contributed by atoms with E-state index in [9.17, 15) is 5.11 Å². The predicted octanol–water partition coefficient (Wildman–Crippen LogP) is 4.26. The third-order valence-corrected chi connectivity index (χ3v) is 6.81. The molecule has 1 aliphatic rings. The van der Waals surface area contributed by atoms with Crippen molar-refractivity contribution in [1.29, 1.82) is 0 Å². The number of aryl methyl sites for hydroxylation is 2. The number of fused-ring (bicyclic) bond motifs is 1. The lowest BCUT2D eigenvalue weighted by molar-refractivity contribution is 0.188. The van der Waals surface area contributed by atoms with Crippen LogP contribution in [0, 0.1) is 13.8 Å². The molecule has 9 nitrogen and oxygen atoms in total. The van der Waals surface area contributed by atoms with Crippen molar-refractivity contribution >= 4 is 51.8 Å². The fraction of sp³-hybridized carbons (Fsp3) is 0.320. The van der Waals surface area contributed by atoms with Crippen molar-refractivity contribution in [2.24, 2.45) is 0 Å². The van der Waals surface area contributed by atoms with E-state index in [1.807, 2.05) is 50.2 Å². The van der Waals surface area contributed by atoms with Crippen molar-refractivity contribution in [2.45, 2.75) is 13.8 Å². The molecule has 1 fully saturated rings. The topological polar surface area (TPSA) is 103 Å². The lowest BCUT2D eigenvalue weighted by atomic mass is 10.0. The molecule has 2 aromatic heterocycles. The molecule has 0 spiro atoms. The number of aliphatic hydroxyl groups is 1. The number of benzene rings is 2. The van der Waals surface area contributed by atoms with Gasteiger partial charge in [-0.25, -0.2) is 15.0 Å². The highest BCUT2D eigenvalue weighted by Crippen LogP contribution is 2.36. The third kappa shape index (κ3) is 5.19. The molecule has 11 heteroatoms. The minimum absolute atomic E-state index is 0.176. The van der Waals surface area contributed by atoms with Crippen LogP contribution in [0.2, 0.25) is 10.0 Å². The van der Waals surface area contributed by atoms with Gasteiger partial charge < -0.3 is 15.3 Å². The number of hydrogen-bond acceptors (Lipinski definition) is 9. The molecule has 2 aromatic carbocycles. The highest BCUT2D eigenvalue weighted by atomic mass is 35.5. The average molecular weight is 525 g/mol. The number of piperazine rings is 1. The van der Waals surface area contributed by atoms with E-state index >= 15 is 0 Å². The van der Waals surface area contributed by atoms with Crippen molar-refractivity contribution < 1.29 is 5.11 Å². The number of hydrogen-bond donors (Lipinski definition) is 2. The van der Waals surface area contributed by atoms with Crippen LogP contribution in [-0.4, -0.2) is 74.5 Å². The second-order valence-corrected chi connectivity index (χ2v) is 9.54. The van der Waals surface area contributed by atoms with E-state index in [4.69, 9.17) is 28.2 Å². The second-order valence-electron chi connectivity index (χ2n) is 8.73. The van der Waals surface area contributed by atoms with Crippen LogP contribution >= 0.6 is 23.2 Å². The summed E-state index contributed by atoms with van der Waals surface area (Å²) in [5, 5.41) is 22.2. The molecule has 0 radical (unpaired) electrons. The molecule has 186 valence electrons. The molecule has 0 unspecified atom stereocenters. The van der Waals surface area contributed by atoms with Gasteiger partial charge in [0.2, 0.25) is 5.95 Å². The Bertz CT molecular complexity index is 1390. The van der Waals surface area contributed by atoms with E-state index in [1.165, 1.54) is 0 Å². The van der Waals surface area contributed by atoms with Crippen LogP contribution in [0.1, 0.15) is 11.4 Å². The zero-order chi connectivity index (χ0) is 25.2. The first-order chi connectivity index (χ1) is 17.4. The number of aromatic nitrogens is 5. The maximum absolute atomic E-state index is 9.17. The fourth-order valence-corrected chi connectivity index (χ4v) is 5.03. The van der Waals surface area contributed by atoms with Crippen molar-refractivity contribution in [3.05, 3.63) is 57.8 Å². The highest BCUT2D eigenvalue weighted by molar-refractivity contribution is 6.39. The molecule has 0 amide bonds. The second kappa shape index (κ2) is 10.5. The Morgan fingerprint density at radius 1 is 0.944 bits per heavy atom. The first-order valence-electron chi connectivity index (χ1n) is 11.7.